The smallest absolute Gasteiger partial charge is 0.188 e. The monoisotopic (exact) mass is 252 g/mol. The first-order valence-electron chi connectivity index (χ1n) is 6.94. The SMILES string of the molecule is CCCNCC1CCN(Cc2nnn(C)n2)CC1. The number of rotatable bonds is 6. The van der Waals surface area contributed by atoms with Crippen LogP contribution in [0.1, 0.15) is 32.0 Å². The highest BCUT2D eigenvalue weighted by atomic mass is 15.6. The van der Waals surface area contributed by atoms with Gasteiger partial charge in [0.05, 0.1) is 13.6 Å². The van der Waals surface area contributed by atoms with Crippen molar-refractivity contribution in [3.8, 4) is 0 Å². The van der Waals surface area contributed by atoms with Gasteiger partial charge in [-0.25, -0.2) is 0 Å². The van der Waals surface area contributed by atoms with Crippen molar-refractivity contribution in [1.29, 1.82) is 0 Å². The van der Waals surface area contributed by atoms with Gasteiger partial charge in [-0.05, 0) is 56.6 Å². The third-order valence-electron chi connectivity index (χ3n) is 3.48. The molecule has 1 aromatic rings. The van der Waals surface area contributed by atoms with Crippen molar-refractivity contribution >= 4 is 0 Å². The summed E-state index contributed by atoms with van der Waals surface area (Å²) in [5, 5.41) is 15.6. The maximum Gasteiger partial charge on any atom is 0.188 e. The molecule has 2 rings (SSSR count). The molecule has 1 aliphatic rings. The standard InChI is InChI=1S/C12H24N6/c1-3-6-13-9-11-4-7-18(8-5-11)10-12-14-16-17(2)15-12/h11,13H,3-10H2,1-2H3. The fourth-order valence-electron chi connectivity index (χ4n) is 2.42. The lowest BCUT2D eigenvalue weighted by Crippen LogP contribution is -2.37. The molecule has 0 bridgehead atoms. The van der Waals surface area contributed by atoms with Crippen LogP contribution in [0, 0.1) is 5.92 Å². The van der Waals surface area contributed by atoms with Gasteiger partial charge in [-0.1, -0.05) is 6.92 Å². The van der Waals surface area contributed by atoms with Gasteiger partial charge in [0.15, 0.2) is 5.82 Å². The van der Waals surface area contributed by atoms with Crippen LogP contribution < -0.4 is 5.32 Å². The maximum atomic E-state index is 4.22. The molecule has 0 spiro atoms. The number of aromatic nitrogens is 4. The predicted octanol–water partition coefficient (Wildman–Crippen LogP) is 0.422. The third kappa shape index (κ3) is 4.03. The van der Waals surface area contributed by atoms with Gasteiger partial charge in [-0.3, -0.25) is 4.90 Å². The zero-order valence-electron chi connectivity index (χ0n) is 11.5. The zero-order chi connectivity index (χ0) is 12.8. The van der Waals surface area contributed by atoms with E-state index in [-0.39, 0.29) is 0 Å². The molecule has 2 heterocycles. The van der Waals surface area contributed by atoms with Gasteiger partial charge >= 0.3 is 0 Å². The van der Waals surface area contributed by atoms with E-state index in [4.69, 9.17) is 0 Å². The molecule has 102 valence electrons. The van der Waals surface area contributed by atoms with E-state index in [0.29, 0.717) is 0 Å². The number of hydrogen-bond donors (Lipinski definition) is 1. The first kappa shape index (κ1) is 13.4. The highest BCUT2D eigenvalue weighted by molar-refractivity contribution is 4.81. The van der Waals surface area contributed by atoms with Crippen molar-refractivity contribution in [2.24, 2.45) is 13.0 Å². The third-order valence-corrected chi connectivity index (χ3v) is 3.48. The number of likely N-dealkylation sites (tertiary alicyclic amines) is 1. The predicted molar refractivity (Wildman–Crippen MR) is 70.0 cm³/mol. The van der Waals surface area contributed by atoms with Crippen molar-refractivity contribution < 1.29 is 0 Å². The van der Waals surface area contributed by atoms with Gasteiger partial charge < -0.3 is 5.32 Å². The Kier molecular flexibility index (Phi) is 5.07. The molecule has 1 saturated heterocycles. The second kappa shape index (κ2) is 6.80. The molecule has 0 radical (unpaired) electrons. The first-order valence-corrected chi connectivity index (χ1v) is 6.94. The number of piperidine rings is 1. The minimum absolute atomic E-state index is 0.833. The van der Waals surface area contributed by atoms with E-state index >= 15 is 0 Å². The molecule has 1 N–H and O–H groups in total. The quantitative estimate of drug-likeness (QED) is 0.744. The molecule has 0 aliphatic carbocycles. The average Bonchev–Trinajstić information content (AvgIpc) is 2.77. The van der Waals surface area contributed by atoms with Gasteiger partial charge in [0.2, 0.25) is 0 Å². The molecule has 1 fully saturated rings. The van der Waals surface area contributed by atoms with E-state index in [9.17, 15) is 0 Å². The Hall–Kier alpha value is -1.01. The summed E-state index contributed by atoms with van der Waals surface area (Å²) >= 11 is 0. The van der Waals surface area contributed by atoms with Crippen molar-refractivity contribution in [3.05, 3.63) is 5.82 Å². The van der Waals surface area contributed by atoms with Gasteiger partial charge in [0, 0.05) is 0 Å². The fraction of sp³-hybridized carbons (Fsp3) is 0.917. The van der Waals surface area contributed by atoms with Crippen LogP contribution in [0.4, 0.5) is 0 Å². The lowest BCUT2D eigenvalue weighted by molar-refractivity contribution is 0.172. The summed E-state index contributed by atoms with van der Waals surface area (Å²) in [5.74, 6) is 1.67. The van der Waals surface area contributed by atoms with Crippen LogP contribution in [-0.2, 0) is 13.6 Å². The van der Waals surface area contributed by atoms with Crippen LogP contribution in [0.5, 0.6) is 0 Å². The van der Waals surface area contributed by atoms with Crippen LogP contribution >= 0.6 is 0 Å². The van der Waals surface area contributed by atoms with Crippen LogP contribution in [0.25, 0.3) is 0 Å². The Bertz CT molecular complexity index is 342. The highest BCUT2D eigenvalue weighted by Crippen LogP contribution is 2.17. The number of hydrogen-bond acceptors (Lipinski definition) is 5. The van der Waals surface area contributed by atoms with Gasteiger partial charge in [-0.2, -0.15) is 4.80 Å². The van der Waals surface area contributed by atoms with E-state index in [2.05, 4.69) is 32.6 Å². The summed E-state index contributed by atoms with van der Waals surface area (Å²) in [6, 6.07) is 0. The Morgan fingerprint density at radius 2 is 2.11 bits per heavy atom. The summed E-state index contributed by atoms with van der Waals surface area (Å²) in [4.78, 5) is 3.95. The molecule has 0 atom stereocenters. The molecule has 0 aromatic carbocycles. The second-order valence-corrected chi connectivity index (χ2v) is 5.12. The molecule has 0 amide bonds. The van der Waals surface area contributed by atoms with E-state index in [1.165, 1.54) is 30.6 Å². The summed E-state index contributed by atoms with van der Waals surface area (Å²) in [6.07, 6.45) is 3.77. The van der Waals surface area contributed by atoms with E-state index in [0.717, 1.165) is 37.9 Å². The Labute approximate surface area is 109 Å². The number of nitrogens with zero attached hydrogens (tertiary/aromatic N) is 5. The van der Waals surface area contributed by atoms with Crippen molar-refractivity contribution in [3.63, 3.8) is 0 Å². The van der Waals surface area contributed by atoms with Crippen LogP contribution in [0.2, 0.25) is 0 Å². The van der Waals surface area contributed by atoms with Crippen LogP contribution in [0.3, 0.4) is 0 Å². The molecule has 0 saturated carbocycles. The van der Waals surface area contributed by atoms with Crippen molar-refractivity contribution in [2.45, 2.75) is 32.7 Å². The van der Waals surface area contributed by atoms with Gasteiger partial charge in [-0.15, -0.1) is 10.2 Å². The minimum atomic E-state index is 0.833. The lowest BCUT2D eigenvalue weighted by atomic mass is 9.97. The molecule has 6 nitrogen and oxygen atoms in total. The van der Waals surface area contributed by atoms with E-state index in [1.54, 1.807) is 0 Å². The summed E-state index contributed by atoms with van der Waals surface area (Å²) in [6.45, 7) is 7.66. The molecule has 6 heteroatoms. The number of aryl methyl sites for hydroxylation is 1. The molecule has 0 unspecified atom stereocenters. The normalized spacial score (nSPS) is 18.3. The minimum Gasteiger partial charge on any atom is -0.316 e. The summed E-state index contributed by atoms with van der Waals surface area (Å²) < 4.78 is 0. The highest BCUT2D eigenvalue weighted by Gasteiger charge is 2.19. The largest absolute Gasteiger partial charge is 0.316 e. The summed E-state index contributed by atoms with van der Waals surface area (Å²) in [7, 11) is 1.81. The van der Waals surface area contributed by atoms with Crippen LogP contribution in [0.15, 0.2) is 0 Å². The molecule has 1 aliphatic heterocycles. The van der Waals surface area contributed by atoms with E-state index in [1.807, 2.05) is 7.05 Å². The van der Waals surface area contributed by atoms with E-state index < -0.39 is 0 Å². The number of nitrogens with one attached hydrogen (secondary N) is 1. The zero-order valence-corrected chi connectivity index (χ0v) is 11.5. The molecule has 18 heavy (non-hydrogen) atoms. The fourth-order valence-corrected chi connectivity index (χ4v) is 2.42. The Morgan fingerprint density at radius 1 is 1.33 bits per heavy atom. The Balaban J connectivity index is 1.67. The van der Waals surface area contributed by atoms with Gasteiger partial charge in [0.25, 0.3) is 0 Å². The first-order chi connectivity index (χ1) is 8.78. The lowest BCUT2D eigenvalue weighted by Gasteiger charge is -2.31. The van der Waals surface area contributed by atoms with Crippen molar-refractivity contribution in [2.75, 3.05) is 26.2 Å². The van der Waals surface area contributed by atoms with Gasteiger partial charge in [0.1, 0.15) is 0 Å². The Morgan fingerprint density at radius 3 is 2.72 bits per heavy atom. The average molecular weight is 252 g/mol. The molecular weight excluding hydrogens is 228 g/mol. The topological polar surface area (TPSA) is 58.9 Å². The maximum absolute atomic E-state index is 4.22. The molecule has 1 aromatic heterocycles. The summed E-state index contributed by atoms with van der Waals surface area (Å²) in [5.41, 5.74) is 0. The molecular formula is C12H24N6. The second-order valence-electron chi connectivity index (χ2n) is 5.12. The van der Waals surface area contributed by atoms with Crippen LogP contribution in [-0.4, -0.2) is 51.3 Å². The number of tetrazole rings is 1. The van der Waals surface area contributed by atoms with Crippen molar-refractivity contribution in [1.82, 2.24) is 30.4 Å².